The SMILES string of the molecule is O=S(=O)(Nc1ccc(Br)cc1)c1ccc(Cl)cc1. The van der Waals surface area contributed by atoms with E-state index in [4.69, 9.17) is 11.6 Å². The lowest BCUT2D eigenvalue weighted by Crippen LogP contribution is -2.12. The molecule has 0 aliphatic heterocycles. The molecular weight excluding hydrogens is 338 g/mol. The van der Waals surface area contributed by atoms with Crippen LogP contribution in [0.4, 0.5) is 5.69 Å². The number of nitrogens with one attached hydrogen (secondary N) is 1. The molecule has 0 radical (unpaired) electrons. The Morgan fingerprint density at radius 2 is 1.50 bits per heavy atom. The van der Waals surface area contributed by atoms with Crippen molar-refractivity contribution in [2.75, 3.05) is 4.72 Å². The van der Waals surface area contributed by atoms with Crippen LogP contribution in [0.25, 0.3) is 0 Å². The smallest absolute Gasteiger partial charge is 0.261 e. The van der Waals surface area contributed by atoms with Gasteiger partial charge in [0, 0.05) is 15.2 Å². The predicted octanol–water partition coefficient (Wildman–Crippen LogP) is 3.90. The summed E-state index contributed by atoms with van der Waals surface area (Å²) in [5.41, 5.74) is 0.508. The fourth-order valence-electron chi connectivity index (χ4n) is 1.35. The van der Waals surface area contributed by atoms with Crippen LogP contribution in [0.15, 0.2) is 57.9 Å². The maximum absolute atomic E-state index is 12.0. The second kappa shape index (κ2) is 5.30. The first-order chi connectivity index (χ1) is 8.47. The fourth-order valence-corrected chi connectivity index (χ4v) is 2.79. The van der Waals surface area contributed by atoms with Crippen molar-refractivity contribution in [3.05, 3.63) is 58.0 Å². The van der Waals surface area contributed by atoms with E-state index in [0.717, 1.165) is 4.47 Å². The van der Waals surface area contributed by atoms with Gasteiger partial charge in [0.1, 0.15) is 0 Å². The Hall–Kier alpha value is -1.04. The van der Waals surface area contributed by atoms with Crippen LogP contribution in [0.5, 0.6) is 0 Å². The van der Waals surface area contributed by atoms with Gasteiger partial charge in [-0.1, -0.05) is 27.5 Å². The maximum atomic E-state index is 12.0. The van der Waals surface area contributed by atoms with E-state index in [1.165, 1.54) is 24.3 Å². The molecule has 0 bridgehead atoms. The normalized spacial score (nSPS) is 11.2. The van der Waals surface area contributed by atoms with Crippen molar-refractivity contribution in [2.24, 2.45) is 0 Å². The molecule has 0 saturated carbocycles. The number of halogens is 2. The number of hydrogen-bond donors (Lipinski definition) is 1. The van der Waals surface area contributed by atoms with E-state index in [2.05, 4.69) is 20.7 Å². The van der Waals surface area contributed by atoms with Gasteiger partial charge in [-0.2, -0.15) is 0 Å². The maximum Gasteiger partial charge on any atom is 0.261 e. The standard InChI is InChI=1S/C12H9BrClNO2S/c13-9-1-5-11(6-2-9)15-18(16,17)12-7-3-10(14)4-8-12/h1-8,15H. The average Bonchev–Trinajstić information content (AvgIpc) is 2.32. The van der Waals surface area contributed by atoms with Gasteiger partial charge < -0.3 is 0 Å². The molecule has 1 N–H and O–H groups in total. The lowest BCUT2D eigenvalue weighted by atomic mass is 10.3. The molecule has 0 fully saturated rings. The largest absolute Gasteiger partial charge is 0.280 e. The molecule has 3 nitrogen and oxygen atoms in total. The van der Waals surface area contributed by atoms with E-state index < -0.39 is 10.0 Å². The van der Waals surface area contributed by atoms with E-state index in [1.807, 2.05) is 0 Å². The molecule has 0 amide bonds. The summed E-state index contributed by atoms with van der Waals surface area (Å²) < 4.78 is 27.4. The molecule has 0 spiro atoms. The molecule has 0 heterocycles. The van der Waals surface area contributed by atoms with Crippen LogP contribution in [-0.2, 0) is 10.0 Å². The zero-order valence-corrected chi connectivity index (χ0v) is 12.3. The Labute approximate surface area is 119 Å². The summed E-state index contributed by atoms with van der Waals surface area (Å²) in [4.78, 5) is 0.176. The van der Waals surface area contributed by atoms with Crippen molar-refractivity contribution in [1.29, 1.82) is 0 Å². The van der Waals surface area contributed by atoms with Gasteiger partial charge in [0.2, 0.25) is 0 Å². The first-order valence-corrected chi connectivity index (χ1v) is 7.67. The third-order valence-corrected chi connectivity index (χ3v) is 4.40. The molecule has 2 aromatic rings. The predicted molar refractivity (Wildman–Crippen MR) is 76.4 cm³/mol. The molecule has 6 heteroatoms. The van der Waals surface area contributed by atoms with E-state index >= 15 is 0 Å². The molecule has 2 rings (SSSR count). The number of benzene rings is 2. The highest BCUT2D eigenvalue weighted by Crippen LogP contribution is 2.19. The van der Waals surface area contributed by atoms with Crippen LogP contribution < -0.4 is 4.72 Å². The van der Waals surface area contributed by atoms with Crippen molar-refractivity contribution in [2.45, 2.75) is 4.90 Å². The van der Waals surface area contributed by atoms with Gasteiger partial charge in [0.05, 0.1) is 4.90 Å². The summed E-state index contributed by atoms with van der Waals surface area (Å²) in [6.07, 6.45) is 0. The highest BCUT2D eigenvalue weighted by Gasteiger charge is 2.13. The molecule has 0 aliphatic carbocycles. The van der Waals surface area contributed by atoms with Gasteiger partial charge in [0.25, 0.3) is 10.0 Å². The zero-order valence-electron chi connectivity index (χ0n) is 9.10. The average molecular weight is 347 g/mol. The molecule has 0 saturated heterocycles. The summed E-state index contributed by atoms with van der Waals surface area (Å²) in [5.74, 6) is 0. The van der Waals surface area contributed by atoms with E-state index in [0.29, 0.717) is 10.7 Å². The second-order valence-corrected chi connectivity index (χ2v) is 6.60. The first-order valence-electron chi connectivity index (χ1n) is 5.01. The summed E-state index contributed by atoms with van der Waals surface area (Å²) >= 11 is 9.00. The van der Waals surface area contributed by atoms with Gasteiger partial charge in [-0.05, 0) is 48.5 Å². The highest BCUT2D eigenvalue weighted by molar-refractivity contribution is 9.10. The van der Waals surface area contributed by atoms with Crippen molar-refractivity contribution >= 4 is 43.2 Å². The molecular formula is C12H9BrClNO2S. The highest BCUT2D eigenvalue weighted by atomic mass is 79.9. The van der Waals surface area contributed by atoms with Crippen molar-refractivity contribution < 1.29 is 8.42 Å². The Bertz CT molecular complexity index is 639. The Balaban J connectivity index is 2.27. The van der Waals surface area contributed by atoms with Crippen LogP contribution in [0.1, 0.15) is 0 Å². The van der Waals surface area contributed by atoms with Gasteiger partial charge in [-0.25, -0.2) is 8.42 Å². The van der Waals surface area contributed by atoms with Crippen molar-refractivity contribution in [1.82, 2.24) is 0 Å². The molecule has 0 unspecified atom stereocenters. The van der Waals surface area contributed by atoms with Crippen LogP contribution in [0.3, 0.4) is 0 Å². The number of sulfonamides is 1. The number of rotatable bonds is 3. The quantitative estimate of drug-likeness (QED) is 0.916. The number of anilines is 1. The molecule has 0 atom stereocenters. The van der Waals surface area contributed by atoms with Gasteiger partial charge in [0.15, 0.2) is 0 Å². The summed E-state index contributed by atoms with van der Waals surface area (Å²) in [7, 11) is -3.57. The minimum Gasteiger partial charge on any atom is -0.280 e. The molecule has 18 heavy (non-hydrogen) atoms. The van der Waals surface area contributed by atoms with Gasteiger partial charge >= 0.3 is 0 Å². The molecule has 2 aromatic carbocycles. The molecule has 0 aromatic heterocycles. The van der Waals surface area contributed by atoms with Crippen LogP contribution in [-0.4, -0.2) is 8.42 Å². The molecule has 0 aliphatic rings. The monoisotopic (exact) mass is 345 g/mol. The summed E-state index contributed by atoms with van der Waals surface area (Å²) in [6, 6.07) is 12.9. The summed E-state index contributed by atoms with van der Waals surface area (Å²) in [5, 5.41) is 0.498. The van der Waals surface area contributed by atoms with Gasteiger partial charge in [-0.15, -0.1) is 0 Å². The van der Waals surface area contributed by atoms with E-state index in [-0.39, 0.29) is 4.90 Å². The van der Waals surface area contributed by atoms with Crippen LogP contribution in [0.2, 0.25) is 5.02 Å². The Kier molecular flexibility index (Phi) is 3.94. The minimum absolute atomic E-state index is 0.176. The fraction of sp³-hybridized carbons (Fsp3) is 0. The van der Waals surface area contributed by atoms with E-state index in [1.54, 1.807) is 24.3 Å². The van der Waals surface area contributed by atoms with Crippen molar-refractivity contribution in [3.8, 4) is 0 Å². The lowest BCUT2D eigenvalue weighted by Gasteiger charge is -2.08. The molecule has 94 valence electrons. The summed E-state index contributed by atoms with van der Waals surface area (Å²) in [6.45, 7) is 0. The van der Waals surface area contributed by atoms with Crippen LogP contribution >= 0.6 is 27.5 Å². The van der Waals surface area contributed by atoms with Gasteiger partial charge in [-0.3, -0.25) is 4.72 Å². The Morgan fingerprint density at radius 3 is 2.06 bits per heavy atom. The second-order valence-electron chi connectivity index (χ2n) is 3.57. The Morgan fingerprint density at radius 1 is 0.944 bits per heavy atom. The van der Waals surface area contributed by atoms with Crippen LogP contribution in [0, 0.1) is 0 Å². The number of hydrogen-bond acceptors (Lipinski definition) is 2. The third kappa shape index (κ3) is 3.25. The minimum atomic E-state index is -3.57. The zero-order chi connectivity index (χ0) is 13.2. The topological polar surface area (TPSA) is 46.2 Å². The lowest BCUT2D eigenvalue weighted by molar-refractivity contribution is 0.601. The van der Waals surface area contributed by atoms with E-state index in [9.17, 15) is 8.42 Å². The first kappa shape index (κ1) is 13.4. The third-order valence-electron chi connectivity index (χ3n) is 2.22. The van der Waals surface area contributed by atoms with Crippen molar-refractivity contribution in [3.63, 3.8) is 0 Å².